The van der Waals surface area contributed by atoms with Crippen molar-refractivity contribution in [1.29, 1.82) is 0 Å². The summed E-state index contributed by atoms with van der Waals surface area (Å²) >= 11 is 0. The lowest BCUT2D eigenvalue weighted by molar-refractivity contribution is 0.212. The molecule has 1 aliphatic rings. The number of anilines is 1. The molecular weight excluding hydrogens is 226 g/mol. The van der Waals surface area contributed by atoms with E-state index >= 15 is 0 Å². The van der Waals surface area contributed by atoms with Gasteiger partial charge in [0, 0.05) is 18.5 Å². The van der Waals surface area contributed by atoms with Gasteiger partial charge in [0.25, 0.3) is 0 Å². The second-order valence-electron chi connectivity index (χ2n) is 4.85. The van der Waals surface area contributed by atoms with Gasteiger partial charge >= 0.3 is 0 Å². The molecule has 3 rings (SSSR count). The maximum atomic E-state index is 6.08. The Kier molecular flexibility index (Phi) is 2.80. The fourth-order valence-corrected chi connectivity index (χ4v) is 2.42. The Hall–Kier alpha value is -1.81. The highest BCUT2D eigenvalue weighted by Crippen LogP contribution is 2.32. The molecule has 0 aliphatic carbocycles. The SMILES string of the molecule is CN1CCC(Oc2c(N)cnc3ccccc23)C1. The minimum Gasteiger partial charge on any atom is -0.486 e. The Morgan fingerprint density at radius 1 is 1.39 bits per heavy atom. The lowest BCUT2D eigenvalue weighted by Crippen LogP contribution is -2.22. The van der Waals surface area contributed by atoms with Crippen LogP contribution in [0, 0.1) is 0 Å². The van der Waals surface area contributed by atoms with Gasteiger partial charge in [-0.25, -0.2) is 0 Å². The average molecular weight is 243 g/mol. The van der Waals surface area contributed by atoms with Crippen molar-refractivity contribution in [3.05, 3.63) is 30.5 Å². The second-order valence-corrected chi connectivity index (χ2v) is 4.85. The first-order chi connectivity index (χ1) is 8.74. The van der Waals surface area contributed by atoms with E-state index in [1.807, 2.05) is 24.3 Å². The number of hydrogen-bond acceptors (Lipinski definition) is 4. The van der Waals surface area contributed by atoms with Crippen LogP contribution in [-0.4, -0.2) is 36.1 Å². The van der Waals surface area contributed by atoms with Crippen molar-refractivity contribution in [2.75, 3.05) is 25.9 Å². The molecule has 1 atom stereocenters. The Morgan fingerprint density at radius 3 is 3.00 bits per heavy atom. The third kappa shape index (κ3) is 1.99. The van der Waals surface area contributed by atoms with Crippen LogP contribution in [0.3, 0.4) is 0 Å². The van der Waals surface area contributed by atoms with Crippen LogP contribution in [0.2, 0.25) is 0 Å². The third-order valence-corrected chi connectivity index (χ3v) is 3.39. The molecule has 2 aromatic rings. The number of likely N-dealkylation sites (N-methyl/N-ethyl adjacent to an activating group) is 1. The number of hydrogen-bond donors (Lipinski definition) is 1. The molecule has 1 aromatic carbocycles. The second kappa shape index (κ2) is 4.46. The zero-order valence-electron chi connectivity index (χ0n) is 10.5. The number of fused-ring (bicyclic) bond motifs is 1. The number of likely N-dealkylation sites (tertiary alicyclic amines) is 1. The van der Waals surface area contributed by atoms with Gasteiger partial charge in [-0.15, -0.1) is 0 Å². The quantitative estimate of drug-likeness (QED) is 0.875. The van der Waals surface area contributed by atoms with Crippen LogP contribution < -0.4 is 10.5 Å². The van der Waals surface area contributed by atoms with Crippen LogP contribution in [0.25, 0.3) is 10.9 Å². The first-order valence-electron chi connectivity index (χ1n) is 6.22. The summed E-state index contributed by atoms with van der Waals surface area (Å²) in [5, 5.41) is 0.993. The molecule has 0 radical (unpaired) electrons. The minimum absolute atomic E-state index is 0.225. The minimum atomic E-state index is 0.225. The van der Waals surface area contributed by atoms with Crippen molar-refractivity contribution in [2.45, 2.75) is 12.5 Å². The van der Waals surface area contributed by atoms with Gasteiger partial charge in [0.1, 0.15) is 6.10 Å². The van der Waals surface area contributed by atoms with Crippen LogP contribution >= 0.6 is 0 Å². The van der Waals surface area contributed by atoms with Gasteiger partial charge in [-0.05, 0) is 25.6 Å². The predicted molar refractivity (Wildman–Crippen MR) is 72.7 cm³/mol. The maximum Gasteiger partial charge on any atom is 0.153 e. The van der Waals surface area contributed by atoms with Gasteiger partial charge in [0.05, 0.1) is 17.4 Å². The molecule has 1 aliphatic heterocycles. The summed E-state index contributed by atoms with van der Waals surface area (Å²) in [4.78, 5) is 6.58. The van der Waals surface area contributed by atoms with Gasteiger partial charge in [-0.1, -0.05) is 12.1 Å². The topological polar surface area (TPSA) is 51.4 Å². The van der Waals surface area contributed by atoms with E-state index in [-0.39, 0.29) is 6.10 Å². The zero-order valence-corrected chi connectivity index (χ0v) is 10.5. The lowest BCUT2D eigenvalue weighted by Gasteiger charge is -2.16. The highest BCUT2D eigenvalue weighted by atomic mass is 16.5. The summed E-state index contributed by atoms with van der Waals surface area (Å²) in [6.45, 7) is 2.03. The molecule has 1 aromatic heterocycles. The fourth-order valence-electron chi connectivity index (χ4n) is 2.42. The molecule has 1 unspecified atom stereocenters. The van der Waals surface area contributed by atoms with Crippen molar-refractivity contribution in [1.82, 2.24) is 9.88 Å². The van der Waals surface area contributed by atoms with Crippen molar-refractivity contribution < 1.29 is 4.74 Å². The fraction of sp³-hybridized carbons (Fsp3) is 0.357. The van der Waals surface area contributed by atoms with Crippen LogP contribution in [0.15, 0.2) is 30.5 Å². The summed E-state index contributed by atoms with van der Waals surface area (Å²) in [7, 11) is 2.11. The normalized spacial score (nSPS) is 20.4. The van der Waals surface area contributed by atoms with E-state index in [9.17, 15) is 0 Å². The number of benzene rings is 1. The highest BCUT2D eigenvalue weighted by molar-refractivity contribution is 5.89. The molecule has 1 fully saturated rings. The molecule has 0 spiro atoms. The van der Waals surface area contributed by atoms with Crippen LogP contribution in [0.1, 0.15) is 6.42 Å². The number of aromatic nitrogens is 1. The van der Waals surface area contributed by atoms with Crippen LogP contribution in [-0.2, 0) is 0 Å². The molecule has 18 heavy (non-hydrogen) atoms. The molecule has 0 amide bonds. The van der Waals surface area contributed by atoms with E-state index in [0.29, 0.717) is 5.69 Å². The highest BCUT2D eigenvalue weighted by Gasteiger charge is 2.22. The lowest BCUT2D eigenvalue weighted by atomic mass is 10.2. The van der Waals surface area contributed by atoms with Gasteiger partial charge < -0.3 is 15.4 Å². The first-order valence-corrected chi connectivity index (χ1v) is 6.22. The van der Waals surface area contributed by atoms with Crippen LogP contribution in [0.5, 0.6) is 5.75 Å². The number of nitrogens with two attached hydrogens (primary N) is 1. The van der Waals surface area contributed by atoms with Crippen molar-refractivity contribution in [3.8, 4) is 5.75 Å². The van der Waals surface area contributed by atoms with E-state index in [0.717, 1.165) is 36.2 Å². The van der Waals surface area contributed by atoms with E-state index in [4.69, 9.17) is 10.5 Å². The molecular formula is C14H17N3O. The summed E-state index contributed by atoms with van der Waals surface area (Å²) in [6.07, 6.45) is 2.95. The van der Waals surface area contributed by atoms with Gasteiger partial charge in [-0.2, -0.15) is 0 Å². The number of nitrogen functional groups attached to an aromatic ring is 1. The third-order valence-electron chi connectivity index (χ3n) is 3.39. The van der Waals surface area contributed by atoms with Gasteiger partial charge in [0.15, 0.2) is 5.75 Å². The van der Waals surface area contributed by atoms with E-state index in [1.165, 1.54) is 0 Å². The van der Waals surface area contributed by atoms with Crippen LogP contribution in [0.4, 0.5) is 5.69 Å². The smallest absolute Gasteiger partial charge is 0.153 e. The van der Waals surface area contributed by atoms with Gasteiger partial charge in [-0.3, -0.25) is 4.98 Å². The van der Waals surface area contributed by atoms with Crippen molar-refractivity contribution in [2.24, 2.45) is 0 Å². The number of pyridine rings is 1. The summed E-state index contributed by atoms with van der Waals surface area (Å²) in [6, 6.07) is 7.94. The molecule has 0 saturated carbocycles. The Bertz CT molecular complexity index is 570. The molecule has 4 nitrogen and oxygen atoms in total. The Balaban J connectivity index is 1.97. The number of rotatable bonds is 2. The maximum absolute atomic E-state index is 6.08. The monoisotopic (exact) mass is 243 g/mol. The standard InChI is InChI=1S/C14H17N3O/c1-17-7-6-10(9-17)18-14-11-4-2-3-5-13(11)16-8-12(14)15/h2-5,8,10H,6-7,9,15H2,1H3. The predicted octanol–water partition coefficient (Wildman–Crippen LogP) is 1.90. The molecule has 0 bridgehead atoms. The van der Waals surface area contributed by atoms with E-state index in [2.05, 4.69) is 16.9 Å². The van der Waals surface area contributed by atoms with E-state index in [1.54, 1.807) is 6.20 Å². The molecule has 2 N–H and O–H groups in total. The number of ether oxygens (including phenoxy) is 1. The zero-order chi connectivity index (χ0) is 12.5. The van der Waals surface area contributed by atoms with E-state index < -0.39 is 0 Å². The Morgan fingerprint density at radius 2 is 2.22 bits per heavy atom. The average Bonchev–Trinajstić information content (AvgIpc) is 2.79. The summed E-state index contributed by atoms with van der Waals surface area (Å²) in [5.41, 5.74) is 7.54. The largest absolute Gasteiger partial charge is 0.486 e. The number of nitrogens with zero attached hydrogens (tertiary/aromatic N) is 2. The summed E-state index contributed by atoms with van der Waals surface area (Å²) in [5.74, 6) is 0.779. The molecule has 2 heterocycles. The Labute approximate surface area is 106 Å². The molecule has 1 saturated heterocycles. The summed E-state index contributed by atoms with van der Waals surface area (Å²) < 4.78 is 6.08. The van der Waals surface area contributed by atoms with Crippen molar-refractivity contribution in [3.63, 3.8) is 0 Å². The molecule has 94 valence electrons. The molecule has 4 heteroatoms. The number of para-hydroxylation sites is 1. The van der Waals surface area contributed by atoms with Gasteiger partial charge in [0.2, 0.25) is 0 Å². The van der Waals surface area contributed by atoms with Crippen molar-refractivity contribution >= 4 is 16.6 Å². The first kappa shape index (κ1) is 11.3.